The van der Waals surface area contributed by atoms with E-state index in [2.05, 4.69) is 26.0 Å². The summed E-state index contributed by atoms with van der Waals surface area (Å²) in [6, 6.07) is 0. The van der Waals surface area contributed by atoms with Crippen LogP contribution in [0.2, 0.25) is 0 Å². The van der Waals surface area contributed by atoms with Gasteiger partial charge in [0.1, 0.15) is 4.83 Å². The summed E-state index contributed by atoms with van der Waals surface area (Å²) in [5.41, 5.74) is 0. The summed E-state index contributed by atoms with van der Waals surface area (Å²) < 4.78 is 4.56. The lowest BCUT2D eigenvalue weighted by atomic mass is 10.1. The number of esters is 1. The first-order valence-corrected chi connectivity index (χ1v) is 6.56. The predicted octanol–water partition coefficient (Wildman–Crippen LogP) is 1.09. The van der Waals surface area contributed by atoms with E-state index in [1.807, 2.05) is 0 Å². The van der Waals surface area contributed by atoms with E-state index in [1.54, 1.807) is 0 Å². The number of halogens is 1. The Hall–Kier alpha value is -0.580. The number of hydrogen-bond acceptors (Lipinski definition) is 3. The summed E-state index contributed by atoms with van der Waals surface area (Å²) >= 11 is 3.17. The zero-order chi connectivity index (χ0) is 11.7. The van der Waals surface area contributed by atoms with Crippen molar-refractivity contribution in [3.63, 3.8) is 0 Å². The molecule has 16 heavy (non-hydrogen) atoms. The van der Waals surface area contributed by atoms with Crippen LogP contribution in [0.4, 0.5) is 0 Å². The van der Waals surface area contributed by atoms with Crippen LogP contribution >= 0.6 is 15.9 Å². The SMILES string of the molecule is COC(=O)C(Br)CNC(=O)C1C2CCCC21. The van der Waals surface area contributed by atoms with Gasteiger partial charge in [0, 0.05) is 12.5 Å². The predicted molar refractivity (Wildman–Crippen MR) is 62.1 cm³/mol. The van der Waals surface area contributed by atoms with Gasteiger partial charge in [-0.1, -0.05) is 22.4 Å². The molecule has 1 amide bonds. The fourth-order valence-electron chi connectivity index (χ4n) is 2.73. The number of carbonyl (C=O) groups is 2. The van der Waals surface area contributed by atoms with Crippen molar-refractivity contribution in [1.82, 2.24) is 5.32 Å². The van der Waals surface area contributed by atoms with Gasteiger partial charge in [0.25, 0.3) is 0 Å². The van der Waals surface area contributed by atoms with E-state index < -0.39 is 4.83 Å². The van der Waals surface area contributed by atoms with E-state index in [4.69, 9.17) is 0 Å². The second-order valence-electron chi connectivity index (χ2n) is 4.52. The van der Waals surface area contributed by atoms with Gasteiger partial charge in [0.2, 0.25) is 5.91 Å². The van der Waals surface area contributed by atoms with Crippen LogP contribution in [0.1, 0.15) is 19.3 Å². The number of rotatable bonds is 4. The second kappa shape index (κ2) is 4.73. The lowest BCUT2D eigenvalue weighted by molar-refractivity contribution is -0.139. The van der Waals surface area contributed by atoms with Gasteiger partial charge in [-0.2, -0.15) is 0 Å². The van der Waals surface area contributed by atoms with Crippen LogP contribution in [0, 0.1) is 17.8 Å². The maximum atomic E-state index is 11.8. The highest BCUT2D eigenvalue weighted by molar-refractivity contribution is 9.10. The smallest absolute Gasteiger partial charge is 0.321 e. The molecule has 2 fully saturated rings. The Morgan fingerprint density at radius 3 is 2.62 bits per heavy atom. The van der Waals surface area contributed by atoms with E-state index in [-0.39, 0.29) is 17.8 Å². The standard InChI is InChI=1S/C11H16BrNO3/c1-16-11(15)8(12)5-13-10(14)9-6-3-2-4-7(6)9/h6-9H,2-5H2,1H3,(H,13,14). The lowest BCUT2D eigenvalue weighted by Crippen LogP contribution is -2.35. The van der Waals surface area contributed by atoms with Crippen LogP contribution in [0.25, 0.3) is 0 Å². The molecular formula is C11H16BrNO3. The molecule has 0 radical (unpaired) electrons. The zero-order valence-electron chi connectivity index (χ0n) is 9.24. The van der Waals surface area contributed by atoms with Crippen molar-refractivity contribution in [2.75, 3.05) is 13.7 Å². The molecule has 3 unspecified atom stereocenters. The highest BCUT2D eigenvalue weighted by Crippen LogP contribution is 2.57. The minimum Gasteiger partial charge on any atom is -0.468 e. The van der Waals surface area contributed by atoms with Crippen molar-refractivity contribution in [2.45, 2.75) is 24.1 Å². The molecule has 0 heterocycles. The molecule has 90 valence electrons. The molecule has 0 bridgehead atoms. The van der Waals surface area contributed by atoms with Crippen molar-refractivity contribution >= 4 is 27.8 Å². The lowest BCUT2D eigenvalue weighted by Gasteiger charge is -2.09. The Labute approximate surface area is 103 Å². The highest BCUT2D eigenvalue weighted by Gasteiger charge is 2.56. The third kappa shape index (κ3) is 2.24. The maximum Gasteiger partial charge on any atom is 0.321 e. The largest absolute Gasteiger partial charge is 0.468 e. The number of nitrogens with one attached hydrogen (secondary N) is 1. The van der Waals surface area contributed by atoms with Gasteiger partial charge in [-0.25, -0.2) is 0 Å². The van der Waals surface area contributed by atoms with Crippen LogP contribution in [-0.2, 0) is 14.3 Å². The highest BCUT2D eigenvalue weighted by atomic mass is 79.9. The first-order chi connectivity index (χ1) is 7.65. The molecule has 0 aromatic rings. The molecule has 0 aliphatic heterocycles. The Bertz CT molecular complexity index is 298. The topological polar surface area (TPSA) is 55.4 Å². The third-order valence-electron chi connectivity index (χ3n) is 3.62. The molecule has 5 heteroatoms. The molecule has 0 spiro atoms. The van der Waals surface area contributed by atoms with Crippen molar-refractivity contribution in [1.29, 1.82) is 0 Å². The van der Waals surface area contributed by atoms with E-state index in [0.29, 0.717) is 18.4 Å². The number of methoxy groups -OCH3 is 1. The second-order valence-corrected chi connectivity index (χ2v) is 5.63. The van der Waals surface area contributed by atoms with E-state index in [1.165, 1.54) is 26.4 Å². The fourth-order valence-corrected chi connectivity index (χ4v) is 3.08. The quantitative estimate of drug-likeness (QED) is 0.623. The van der Waals surface area contributed by atoms with Crippen molar-refractivity contribution < 1.29 is 14.3 Å². The fraction of sp³-hybridized carbons (Fsp3) is 0.818. The van der Waals surface area contributed by atoms with Crippen LogP contribution in [-0.4, -0.2) is 30.4 Å². The van der Waals surface area contributed by atoms with Gasteiger partial charge in [-0.05, 0) is 24.7 Å². The summed E-state index contributed by atoms with van der Waals surface area (Å²) in [7, 11) is 1.34. The van der Waals surface area contributed by atoms with E-state index in [0.717, 1.165) is 0 Å². The van der Waals surface area contributed by atoms with Gasteiger partial charge >= 0.3 is 5.97 Å². The summed E-state index contributed by atoms with van der Waals surface area (Å²) in [5.74, 6) is 1.20. The maximum absolute atomic E-state index is 11.8. The van der Waals surface area contributed by atoms with Crippen LogP contribution < -0.4 is 5.32 Å². The molecule has 2 saturated carbocycles. The molecule has 3 atom stereocenters. The number of hydrogen-bond donors (Lipinski definition) is 1. The number of alkyl halides is 1. The molecule has 0 aromatic heterocycles. The third-order valence-corrected chi connectivity index (χ3v) is 4.32. The average molecular weight is 290 g/mol. The monoisotopic (exact) mass is 289 g/mol. The summed E-state index contributed by atoms with van der Waals surface area (Å²) in [6.07, 6.45) is 3.65. The molecular weight excluding hydrogens is 274 g/mol. The minimum absolute atomic E-state index is 0.100. The van der Waals surface area contributed by atoms with E-state index >= 15 is 0 Å². The van der Waals surface area contributed by atoms with Crippen LogP contribution in [0.5, 0.6) is 0 Å². The first-order valence-electron chi connectivity index (χ1n) is 5.64. The number of carbonyl (C=O) groups excluding carboxylic acids is 2. The Morgan fingerprint density at radius 1 is 1.44 bits per heavy atom. The summed E-state index contributed by atoms with van der Waals surface area (Å²) in [6.45, 7) is 0.307. The van der Waals surface area contributed by atoms with Gasteiger partial charge in [0.15, 0.2) is 0 Å². The Morgan fingerprint density at radius 2 is 2.06 bits per heavy atom. The van der Waals surface area contributed by atoms with Crippen LogP contribution in [0.15, 0.2) is 0 Å². The Balaban J connectivity index is 1.71. The molecule has 2 aliphatic rings. The van der Waals surface area contributed by atoms with Crippen LogP contribution in [0.3, 0.4) is 0 Å². The van der Waals surface area contributed by atoms with Crippen molar-refractivity contribution in [3.8, 4) is 0 Å². The van der Waals surface area contributed by atoms with Gasteiger partial charge in [-0.3, -0.25) is 9.59 Å². The van der Waals surface area contributed by atoms with Gasteiger partial charge < -0.3 is 10.1 Å². The molecule has 0 saturated heterocycles. The van der Waals surface area contributed by atoms with Crippen molar-refractivity contribution in [3.05, 3.63) is 0 Å². The molecule has 0 aromatic carbocycles. The average Bonchev–Trinajstić information content (AvgIpc) is 2.78. The molecule has 2 rings (SSSR count). The summed E-state index contributed by atoms with van der Waals surface area (Å²) in [4.78, 5) is 22.4. The van der Waals surface area contributed by atoms with Gasteiger partial charge in [-0.15, -0.1) is 0 Å². The number of ether oxygens (including phenoxy) is 1. The first kappa shape index (κ1) is 11.9. The zero-order valence-corrected chi connectivity index (χ0v) is 10.8. The minimum atomic E-state index is -0.444. The van der Waals surface area contributed by atoms with Crippen molar-refractivity contribution in [2.24, 2.45) is 17.8 Å². The van der Waals surface area contributed by atoms with E-state index in [9.17, 15) is 9.59 Å². The number of fused-ring (bicyclic) bond motifs is 1. The number of amides is 1. The molecule has 2 aliphatic carbocycles. The summed E-state index contributed by atoms with van der Waals surface area (Å²) in [5, 5.41) is 2.80. The van der Waals surface area contributed by atoms with Gasteiger partial charge in [0.05, 0.1) is 7.11 Å². The molecule has 4 nitrogen and oxygen atoms in total. The molecule has 1 N–H and O–H groups in total. The normalized spacial score (nSPS) is 32.8. The Kier molecular flexibility index (Phi) is 3.52.